The smallest absolute Gasteiger partial charge is 0.173 e. The summed E-state index contributed by atoms with van der Waals surface area (Å²) in [4.78, 5) is 2.31. The van der Waals surface area contributed by atoms with Crippen molar-refractivity contribution in [2.75, 3.05) is 13.7 Å². The van der Waals surface area contributed by atoms with Gasteiger partial charge in [0, 0.05) is 18.7 Å². The second kappa shape index (κ2) is 11.8. The average Bonchev–Trinajstić information content (AvgIpc) is 2.72. The van der Waals surface area contributed by atoms with E-state index >= 15 is 0 Å². The Labute approximate surface area is 187 Å². The number of nitrogens with zero attached hydrogens (tertiary/aromatic N) is 1. The fraction of sp³-hybridized carbons (Fsp3) is 0.280. The molecule has 3 rings (SSSR count). The average molecular weight is 423 g/mol. The molecular formula is C25H31BFNOS. The van der Waals surface area contributed by atoms with Crippen molar-refractivity contribution in [2.24, 2.45) is 0 Å². The van der Waals surface area contributed by atoms with Crippen LogP contribution in [0.15, 0.2) is 78.9 Å². The highest BCUT2D eigenvalue weighted by molar-refractivity contribution is 7.59. The maximum Gasteiger partial charge on any atom is 0.173 e. The molecule has 0 spiro atoms. The molecule has 0 aliphatic rings. The van der Waals surface area contributed by atoms with Gasteiger partial charge in [-0.05, 0) is 36.1 Å². The van der Waals surface area contributed by atoms with E-state index in [4.69, 9.17) is 4.74 Å². The van der Waals surface area contributed by atoms with Gasteiger partial charge >= 0.3 is 0 Å². The fourth-order valence-electron chi connectivity index (χ4n) is 3.49. The van der Waals surface area contributed by atoms with E-state index in [1.807, 2.05) is 37.9 Å². The molecule has 0 aliphatic heterocycles. The molecule has 0 radical (unpaired) electrons. The minimum atomic E-state index is -0.199. The number of rotatable bonds is 9. The van der Waals surface area contributed by atoms with Gasteiger partial charge in [0.05, 0.1) is 0 Å². The van der Waals surface area contributed by atoms with Crippen LogP contribution in [0, 0.1) is 5.82 Å². The molecule has 5 heteroatoms. The predicted octanol–water partition coefficient (Wildman–Crippen LogP) is 5.02. The molecule has 0 amide bonds. The monoisotopic (exact) mass is 423 g/mol. The molecule has 0 N–H and O–H groups in total. The largest absolute Gasteiger partial charge is 0.492 e. The lowest BCUT2D eigenvalue weighted by Crippen LogP contribution is -2.38. The standard InChI is InChI=1S/C25H29BFNO.H2S/c1-26(2)24-15-14-23(17-25(24)27)29-19-22(16-20-10-6-4-7-11-20)28(3)18-21-12-8-5-9-13-21;/h4-15,17,22H,16,18-19H2,1-3H3;1H2/t22-;/m0./s1. The fourth-order valence-corrected chi connectivity index (χ4v) is 3.49. The van der Waals surface area contributed by atoms with Crippen LogP contribution >= 0.6 is 13.5 Å². The molecule has 2 nitrogen and oxygen atoms in total. The summed E-state index contributed by atoms with van der Waals surface area (Å²) in [6.45, 7) is 5.48. The van der Waals surface area contributed by atoms with Crippen LogP contribution in [0.25, 0.3) is 0 Å². The molecule has 0 bridgehead atoms. The first-order valence-corrected chi connectivity index (χ1v) is 10.2. The first kappa shape index (κ1) is 24.0. The Bertz CT molecular complexity index is 892. The Morgan fingerprint density at radius 1 is 0.900 bits per heavy atom. The molecule has 0 aliphatic carbocycles. The van der Waals surface area contributed by atoms with E-state index < -0.39 is 0 Å². The Kier molecular flexibility index (Phi) is 9.47. The van der Waals surface area contributed by atoms with E-state index in [9.17, 15) is 4.39 Å². The first-order chi connectivity index (χ1) is 14.0. The number of likely N-dealkylation sites (N-methyl/N-ethyl adjacent to an activating group) is 1. The van der Waals surface area contributed by atoms with Crippen LogP contribution in [-0.4, -0.2) is 31.3 Å². The van der Waals surface area contributed by atoms with Crippen molar-refractivity contribution >= 4 is 25.7 Å². The molecule has 1 atom stereocenters. The van der Waals surface area contributed by atoms with Crippen molar-refractivity contribution in [2.45, 2.75) is 32.7 Å². The second-order valence-corrected chi connectivity index (χ2v) is 7.89. The number of hydrogen-bond acceptors (Lipinski definition) is 2. The molecule has 0 saturated carbocycles. The van der Waals surface area contributed by atoms with Gasteiger partial charge in [-0.1, -0.05) is 80.4 Å². The summed E-state index contributed by atoms with van der Waals surface area (Å²) in [5, 5.41) is 0. The van der Waals surface area contributed by atoms with Gasteiger partial charge in [-0.2, -0.15) is 13.5 Å². The van der Waals surface area contributed by atoms with Crippen LogP contribution in [0.3, 0.4) is 0 Å². The van der Waals surface area contributed by atoms with Gasteiger partial charge in [0.25, 0.3) is 0 Å². The van der Waals surface area contributed by atoms with Gasteiger partial charge < -0.3 is 4.74 Å². The topological polar surface area (TPSA) is 12.5 Å². The normalized spacial score (nSPS) is 11.6. The Morgan fingerprint density at radius 3 is 2.07 bits per heavy atom. The molecule has 3 aromatic rings. The second-order valence-electron chi connectivity index (χ2n) is 7.89. The molecule has 0 unspecified atom stereocenters. The SMILES string of the molecule is CB(C)c1ccc(OC[C@H](Cc2ccccc2)N(C)Cc2ccccc2)cc1F.S. The lowest BCUT2D eigenvalue weighted by Gasteiger charge is -2.28. The summed E-state index contributed by atoms with van der Waals surface area (Å²) in [7, 11) is 2.12. The molecule has 0 fully saturated rings. The molecule has 0 saturated heterocycles. The van der Waals surface area contributed by atoms with Gasteiger partial charge in [-0.3, -0.25) is 4.90 Å². The van der Waals surface area contributed by atoms with Crippen molar-refractivity contribution < 1.29 is 9.13 Å². The molecule has 3 aromatic carbocycles. The lowest BCUT2D eigenvalue weighted by atomic mass is 9.49. The van der Waals surface area contributed by atoms with Crippen molar-refractivity contribution in [1.29, 1.82) is 0 Å². The summed E-state index contributed by atoms with van der Waals surface area (Å²) in [6, 6.07) is 26.2. The van der Waals surface area contributed by atoms with E-state index in [1.165, 1.54) is 17.2 Å². The highest BCUT2D eigenvalue weighted by Gasteiger charge is 2.18. The maximum atomic E-state index is 14.3. The number of hydrogen-bond donors (Lipinski definition) is 0. The van der Waals surface area contributed by atoms with Crippen molar-refractivity contribution in [3.63, 3.8) is 0 Å². The molecular weight excluding hydrogens is 392 g/mol. The summed E-state index contributed by atoms with van der Waals surface area (Å²) >= 11 is 0. The zero-order valence-corrected chi connectivity index (χ0v) is 19.0. The van der Waals surface area contributed by atoms with Crippen LogP contribution in [0.5, 0.6) is 5.75 Å². The van der Waals surface area contributed by atoms with Crippen LogP contribution < -0.4 is 10.2 Å². The van der Waals surface area contributed by atoms with E-state index in [2.05, 4.69) is 60.5 Å². The predicted molar refractivity (Wildman–Crippen MR) is 131 cm³/mol. The number of benzene rings is 3. The minimum absolute atomic E-state index is 0. The highest BCUT2D eigenvalue weighted by atomic mass is 32.1. The lowest BCUT2D eigenvalue weighted by molar-refractivity contribution is 0.154. The van der Waals surface area contributed by atoms with Crippen molar-refractivity contribution in [3.05, 3.63) is 95.8 Å². The molecule has 158 valence electrons. The van der Waals surface area contributed by atoms with Crippen LogP contribution in [0.2, 0.25) is 13.6 Å². The first-order valence-electron chi connectivity index (χ1n) is 10.2. The summed E-state index contributed by atoms with van der Waals surface area (Å²) in [6.07, 6.45) is 0.872. The van der Waals surface area contributed by atoms with Crippen LogP contribution in [0.4, 0.5) is 4.39 Å². The van der Waals surface area contributed by atoms with E-state index in [0.29, 0.717) is 12.4 Å². The zero-order chi connectivity index (χ0) is 20.6. The van der Waals surface area contributed by atoms with Crippen molar-refractivity contribution in [3.8, 4) is 5.75 Å². The van der Waals surface area contributed by atoms with Crippen molar-refractivity contribution in [1.82, 2.24) is 4.90 Å². The minimum Gasteiger partial charge on any atom is -0.492 e. The number of halogens is 1. The Balaban J connectivity index is 0.00000320. The summed E-state index contributed by atoms with van der Waals surface area (Å²) < 4.78 is 20.4. The van der Waals surface area contributed by atoms with Crippen LogP contribution in [0.1, 0.15) is 11.1 Å². The molecule has 0 aromatic heterocycles. The third kappa shape index (κ3) is 6.93. The van der Waals surface area contributed by atoms with Gasteiger partial charge in [-0.25, -0.2) is 4.39 Å². The van der Waals surface area contributed by atoms with Gasteiger partial charge in [0.15, 0.2) is 6.71 Å². The van der Waals surface area contributed by atoms with E-state index in [1.54, 1.807) is 0 Å². The Morgan fingerprint density at radius 2 is 1.50 bits per heavy atom. The third-order valence-corrected chi connectivity index (χ3v) is 5.25. The highest BCUT2D eigenvalue weighted by Crippen LogP contribution is 2.16. The summed E-state index contributed by atoms with van der Waals surface area (Å²) in [5.74, 6) is 0.382. The van der Waals surface area contributed by atoms with Gasteiger partial charge in [0.1, 0.15) is 18.2 Å². The van der Waals surface area contributed by atoms with E-state index in [-0.39, 0.29) is 32.1 Å². The van der Waals surface area contributed by atoms with Crippen LogP contribution in [-0.2, 0) is 13.0 Å². The third-order valence-electron chi connectivity index (χ3n) is 5.25. The van der Waals surface area contributed by atoms with E-state index in [0.717, 1.165) is 18.4 Å². The van der Waals surface area contributed by atoms with Gasteiger partial charge in [-0.15, -0.1) is 0 Å². The van der Waals surface area contributed by atoms with Gasteiger partial charge in [0.2, 0.25) is 0 Å². The maximum absolute atomic E-state index is 14.3. The zero-order valence-electron chi connectivity index (χ0n) is 18.0. The molecule has 0 heterocycles. The molecule has 30 heavy (non-hydrogen) atoms. The number of ether oxygens (including phenoxy) is 1. The Hall–Kier alpha value is -2.24. The quantitative estimate of drug-likeness (QED) is 0.448. The summed E-state index contributed by atoms with van der Waals surface area (Å²) in [5.41, 5.74) is 3.25.